The molecule has 1 saturated carbocycles. The molecule has 1 aromatic rings. The van der Waals surface area contributed by atoms with Gasteiger partial charge in [-0.05, 0) is 39.2 Å². The van der Waals surface area contributed by atoms with Crippen LogP contribution in [0.5, 0.6) is 0 Å². The molecule has 3 rings (SSSR count). The highest BCUT2D eigenvalue weighted by Gasteiger charge is 2.25. The van der Waals surface area contributed by atoms with Crippen LogP contribution in [0.4, 0.5) is 0 Å². The Hall–Kier alpha value is -0.940. The van der Waals surface area contributed by atoms with Gasteiger partial charge in [0.25, 0.3) is 0 Å². The molecular formula is C17H29N3O2. The van der Waals surface area contributed by atoms with E-state index in [1.807, 2.05) is 6.92 Å². The SMILES string of the molecule is Cc1noc([C@H]2CCCN(CCOC3CCCCCC3)C2)n1. The van der Waals surface area contributed by atoms with Crippen molar-refractivity contribution in [1.29, 1.82) is 0 Å². The molecule has 0 aromatic carbocycles. The summed E-state index contributed by atoms with van der Waals surface area (Å²) in [5.74, 6) is 1.95. The molecule has 5 heteroatoms. The molecule has 2 aliphatic rings. The molecule has 1 aromatic heterocycles. The summed E-state index contributed by atoms with van der Waals surface area (Å²) in [5, 5.41) is 3.92. The lowest BCUT2D eigenvalue weighted by molar-refractivity contribution is 0.0240. The van der Waals surface area contributed by atoms with E-state index in [2.05, 4.69) is 15.0 Å². The maximum atomic E-state index is 6.12. The second kappa shape index (κ2) is 8.06. The van der Waals surface area contributed by atoms with Crippen molar-refractivity contribution in [2.45, 2.75) is 70.3 Å². The third-order valence-electron chi connectivity index (χ3n) is 4.96. The molecule has 1 atom stereocenters. The quantitative estimate of drug-likeness (QED) is 0.781. The van der Waals surface area contributed by atoms with Gasteiger partial charge < -0.3 is 14.2 Å². The van der Waals surface area contributed by atoms with E-state index >= 15 is 0 Å². The zero-order valence-electron chi connectivity index (χ0n) is 13.8. The fraction of sp³-hybridized carbons (Fsp3) is 0.882. The highest BCUT2D eigenvalue weighted by atomic mass is 16.5. The number of hydrogen-bond donors (Lipinski definition) is 0. The normalized spacial score (nSPS) is 25.2. The number of hydrogen-bond acceptors (Lipinski definition) is 5. The Bertz CT molecular complexity index is 441. The molecule has 124 valence electrons. The lowest BCUT2D eigenvalue weighted by atomic mass is 9.98. The summed E-state index contributed by atoms with van der Waals surface area (Å²) in [6.45, 7) is 5.96. The van der Waals surface area contributed by atoms with Gasteiger partial charge in [0.15, 0.2) is 5.82 Å². The smallest absolute Gasteiger partial charge is 0.231 e. The van der Waals surface area contributed by atoms with E-state index in [0.29, 0.717) is 12.0 Å². The van der Waals surface area contributed by atoms with E-state index in [1.165, 1.54) is 44.9 Å². The van der Waals surface area contributed by atoms with Crippen LogP contribution >= 0.6 is 0 Å². The molecule has 0 N–H and O–H groups in total. The van der Waals surface area contributed by atoms with Gasteiger partial charge in [0, 0.05) is 13.1 Å². The van der Waals surface area contributed by atoms with E-state index in [1.54, 1.807) is 0 Å². The van der Waals surface area contributed by atoms with Crippen LogP contribution in [0.15, 0.2) is 4.52 Å². The van der Waals surface area contributed by atoms with Crippen LogP contribution in [0.25, 0.3) is 0 Å². The molecule has 1 saturated heterocycles. The molecule has 0 unspecified atom stereocenters. The fourth-order valence-electron chi connectivity index (χ4n) is 3.70. The van der Waals surface area contributed by atoms with Crippen LogP contribution < -0.4 is 0 Å². The molecule has 0 spiro atoms. The van der Waals surface area contributed by atoms with Gasteiger partial charge in [-0.3, -0.25) is 0 Å². The number of aryl methyl sites for hydroxylation is 1. The predicted octanol–water partition coefficient (Wildman–Crippen LogP) is 3.30. The minimum Gasteiger partial charge on any atom is -0.377 e. The van der Waals surface area contributed by atoms with Crippen molar-refractivity contribution < 1.29 is 9.26 Å². The first-order chi connectivity index (χ1) is 10.8. The summed E-state index contributed by atoms with van der Waals surface area (Å²) in [7, 11) is 0. The Morgan fingerprint density at radius 1 is 1.14 bits per heavy atom. The van der Waals surface area contributed by atoms with Crippen LogP contribution in [0.2, 0.25) is 0 Å². The first-order valence-electron chi connectivity index (χ1n) is 8.95. The zero-order valence-corrected chi connectivity index (χ0v) is 13.8. The van der Waals surface area contributed by atoms with Crippen LogP contribution in [-0.4, -0.2) is 47.4 Å². The standard InChI is InChI=1S/C17H29N3O2/c1-14-18-17(22-19-14)15-7-6-10-20(13-15)11-12-21-16-8-4-2-3-5-9-16/h15-16H,2-13H2,1H3/t15-/m0/s1. The Balaban J connectivity index is 1.40. The highest BCUT2D eigenvalue weighted by molar-refractivity contribution is 4.96. The van der Waals surface area contributed by atoms with Crippen LogP contribution in [0, 0.1) is 6.92 Å². The second-order valence-electron chi connectivity index (χ2n) is 6.80. The van der Waals surface area contributed by atoms with Gasteiger partial charge in [-0.15, -0.1) is 0 Å². The van der Waals surface area contributed by atoms with E-state index in [-0.39, 0.29) is 0 Å². The molecule has 2 fully saturated rings. The maximum Gasteiger partial charge on any atom is 0.231 e. The van der Waals surface area contributed by atoms with Crippen molar-refractivity contribution in [3.63, 3.8) is 0 Å². The minimum absolute atomic E-state index is 0.396. The van der Waals surface area contributed by atoms with Crippen molar-refractivity contribution in [3.05, 3.63) is 11.7 Å². The second-order valence-corrected chi connectivity index (χ2v) is 6.80. The van der Waals surface area contributed by atoms with Crippen molar-refractivity contribution >= 4 is 0 Å². The number of aromatic nitrogens is 2. The van der Waals surface area contributed by atoms with Crippen molar-refractivity contribution in [2.24, 2.45) is 0 Å². The summed E-state index contributed by atoms with van der Waals surface area (Å²) in [5.41, 5.74) is 0. The molecular weight excluding hydrogens is 278 g/mol. The molecule has 0 bridgehead atoms. The molecule has 1 aliphatic heterocycles. The van der Waals surface area contributed by atoms with Crippen LogP contribution in [0.3, 0.4) is 0 Å². The van der Waals surface area contributed by atoms with Crippen LogP contribution in [0.1, 0.15) is 69.0 Å². The highest BCUT2D eigenvalue weighted by Crippen LogP contribution is 2.25. The van der Waals surface area contributed by atoms with Gasteiger partial charge in [-0.25, -0.2) is 0 Å². The third-order valence-corrected chi connectivity index (χ3v) is 4.96. The summed E-state index contributed by atoms with van der Waals surface area (Å²) < 4.78 is 11.5. The largest absolute Gasteiger partial charge is 0.377 e. The lowest BCUT2D eigenvalue weighted by Crippen LogP contribution is -2.37. The van der Waals surface area contributed by atoms with E-state index in [9.17, 15) is 0 Å². The first-order valence-corrected chi connectivity index (χ1v) is 8.95. The van der Waals surface area contributed by atoms with Gasteiger partial charge in [-0.1, -0.05) is 30.8 Å². The molecule has 0 amide bonds. The van der Waals surface area contributed by atoms with Gasteiger partial charge in [-0.2, -0.15) is 4.98 Å². The Morgan fingerprint density at radius 2 is 1.95 bits per heavy atom. The third kappa shape index (κ3) is 4.53. The average Bonchev–Trinajstić information content (AvgIpc) is 2.81. The van der Waals surface area contributed by atoms with Crippen molar-refractivity contribution in [3.8, 4) is 0 Å². The van der Waals surface area contributed by atoms with Gasteiger partial charge in [0.2, 0.25) is 5.89 Å². The van der Waals surface area contributed by atoms with Crippen molar-refractivity contribution in [1.82, 2.24) is 15.0 Å². The molecule has 2 heterocycles. The number of piperidine rings is 1. The molecule has 0 radical (unpaired) electrons. The number of rotatable bonds is 5. The van der Waals surface area contributed by atoms with Crippen molar-refractivity contribution in [2.75, 3.05) is 26.2 Å². The predicted molar refractivity (Wildman–Crippen MR) is 84.9 cm³/mol. The summed E-state index contributed by atoms with van der Waals surface area (Å²) in [6, 6.07) is 0. The molecule has 1 aliphatic carbocycles. The van der Waals surface area contributed by atoms with Gasteiger partial charge in [0.1, 0.15) is 0 Å². The van der Waals surface area contributed by atoms with Gasteiger partial charge in [0.05, 0.1) is 18.6 Å². The monoisotopic (exact) mass is 307 g/mol. The summed E-state index contributed by atoms with van der Waals surface area (Å²) in [6.07, 6.45) is 10.8. The zero-order chi connectivity index (χ0) is 15.2. The lowest BCUT2D eigenvalue weighted by Gasteiger charge is -2.31. The molecule has 22 heavy (non-hydrogen) atoms. The Morgan fingerprint density at radius 3 is 2.68 bits per heavy atom. The number of nitrogens with zero attached hydrogens (tertiary/aromatic N) is 3. The Labute approximate surface area is 133 Å². The molecule has 5 nitrogen and oxygen atoms in total. The first kappa shape index (κ1) is 15.9. The minimum atomic E-state index is 0.396. The van der Waals surface area contributed by atoms with E-state index in [4.69, 9.17) is 9.26 Å². The van der Waals surface area contributed by atoms with E-state index in [0.717, 1.165) is 44.4 Å². The van der Waals surface area contributed by atoms with Crippen LogP contribution in [-0.2, 0) is 4.74 Å². The topological polar surface area (TPSA) is 51.4 Å². The summed E-state index contributed by atoms with van der Waals surface area (Å²) in [4.78, 5) is 6.89. The summed E-state index contributed by atoms with van der Waals surface area (Å²) >= 11 is 0. The Kier molecular flexibility index (Phi) is 5.84. The maximum absolute atomic E-state index is 6.12. The number of likely N-dealkylation sites (tertiary alicyclic amines) is 1. The average molecular weight is 307 g/mol. The van der Waals surface area contributed by atoms with E-state index < -0.39 is 0 Å². The fourth-order valence-corrected chi connectivity index (χ4v) is 3.70. The number of ether oxygens (including phenoxy) is 1. The van der Waals surface area contributed by atoms with Gasteiger partial charge >= 0.3 is 0 Å².